The molecule has 8 aliphatic rings. The Labute approximate surface area is 738 Å². The first-order chi connectivity index (χ1) is 62.1. The van der Waals surface area contributed by atoms with Crippen LogP contribution < -0.4 is 60.8 Å². The van der Waals surface area contributed by atoms with E-state index >= 15 is 0 Å². The fourth-order valence-electron chi connectivity index (χ4n) is 17.5. The number of nitrogens with zero attached hydrogens (tertiary/aromatic N) is 4. The molecular formula is C96H152N8O16. The van der Waals surface area contributed by atoms with Gasteiger partial charge in [0.05, 0.1) is 75.9 Å². The van der Waals surface area contributed by atoms with Gasteiger partial charge in [-0.15, -0.1) is 0 Å². The smallest absolute Gasteiger partial charge is 0.323 e. The Morgan fingerprint density at radius 2 is 0.508 bits per heavy atom. The molecule has 0 bridgehead atoms. The van der Waals surface area contributed by atoms with Crippen molar-refractivity contribution in [3.63, 3.8) is 0 Å². The second-order valence-corrected chi connectivity index (χ2v) is 36.5. The first kappa shape index (κ1) is 77.6. The largest absolute Gasteiger partial charge is 0.493 e. The lowest BCUT2D eigenvalue weighted by molar-refractivity contribution is -0.161. The van der Waals surface area contributed by atoms with E-state index in [-0.39, 0.29) is 108 Å². The van der Waals surface area contributed by atoms with Crippen LogP contribution in [-0.2, 0) is 63.8 Å². The zero-order valence-electron chi connectivity index (χ0n) is 89.6. The zero-order valence-corrected chi connectivity index (χ0v) is 75.6. The Morgan fingerprint density at radius 1 is 0.325 bits per heavy atom. The summed E-state index contributed by atoms with van der Waals surface area (Å²) in [7, 11) is 3.88. The van der Waals surface area contributed by atoms with Gasteiger partial charge in [0.2, 0.25) is 0 Å². The molecule has 24 heteroatoms. The Bertz CT molecular complexity index is 4440. The van der Waals surface area contributed by atoms with Gasteiger partial charge in [-0.2, -0.15) is 0 Å². The highest BCUT2D eigenvalue weighted by Gasteiger charge is 2.47. The molecule has 4 fully saturated rings. The summed E-state index contributed by atoms with van der Waals surface area (Å²) >= 11 is 0. The molecule has 672 valence electrons. The van der Waals surface area contributed by atoms with Crippen LogP contribution in [0.5, 0.6) is 46.0 Å². The monoisotopic (exact) mass is 1690 g/mol. The fraction of sp³-hybridized carbons (Fsp3) is 0.708. The van der Waals surface area contributed by atoms with Gasteiger partial charge in [0.1, 0.15) is 48.5 Å². The van der Waals surface area contributed by atoms with Gasteiger partial charge in [-0.25, -0.2) is 0 Å². The van der Waals surface area contributed by atoms with E-state index < -0.39 is 111 Å². The summed E-state index contributed by atoms with van der Waals surface area (Å²) in [6, 6.07) is 5.59. The highest BCUT2D eigenvalue weighted by Crippen LogP contribution is 2.50. The van der Waals surface area contributed by atoms with E-state index in [1.54, 1.807) is 52.7 Å². The molecule has 0 aliphatic carbocycles. The Kier molecular flexibility index (Phi) is 28.4. The maximum Gasteiger partial charge on any atom is 0.323 e. The molecule has 0 radical (unpaired) electrons. The van der Waals surface area contributed by atoms with Crippen molar-refractivity contribution in [2.24, 2.45) is 93.9 Å². The number of fused-ring (bicyclic) bond motifs is 12. The molecule has 0 amide bonds. The van der Waals surface area contributed by atoms with Crippen molar-refractivity contribution >= 4 is 23.9 Å². The second-order valence-electron chi connectivity index (χ2n) is 36.5. The van der Waals surface area contributed by atoms with Crippen LogP contribution in [0.25, 0.3) is 0 Å². The van der Waals surface area contributed by atoms with Gasteiger partial charge < -0.3 is 79.8 Å². The molecule has 16 atom stereocenters. The van der Waals surface area contributed by atoms with Crippen LogP contribution in [0.15, 0.2) is 48.5 Å². The topological polar surface area (TPSA) is 296 Å². The number of hydrogen-bond acceptors (Lipinski definition) is 24. The van der Waals surface area contributed by atoms with Gasteiger partial charge in [0, 0.05) is 126 Å². The van der Waals surface area contributed by atoms with Crippen molar-refractivity contribution < 1.29 is 95.2 Å². The molecule has 0 saturated carbocycles. The molecule has 8 N–H and O–H groups in total. The fourth-order valence-corrected chi connectivity index (χ4v) is 17.5. The highest BCUT2D eigenvalue weighted by atomic mass is 16.6. The first-order valence-electron chi connectivity index (χ1n) is 50.3. The number of esters is 4. The number of ether oxygens (including phenoxy) is 12. The number of benzene rings is 4. The Balaban J connectivity index is 0.000000201. The summed E-state index contributed by atoms with van der Waals surface area (Å²) in [6.45, 7) is 35.8. The normalized spacial score (nSPS) is 31.7. The minimum Gasteiger partial charge on any atom is -0.493 e. The average Bonchev–Trinajstić information content (AvgIpc) is 0.738. The van der Waals surface area contributed by atoms with Crippen LogP contribution in [0, 0.1) is 71.0 Å². The minimum atomic E-state index is -2.64. The summed E-state index contributed by atoms with van der Waals surface area (Å²) in [5, 5.41) is 0. The van der Waals surface area contributed by atoms with Crippen molar-refractivity contribution in [2.45, 2.75) is 260 Å². The van der Waals surface area contributed by atoms with Crippen molar-refractivity contribution in [3.05, 3.63) is 93.0 Å². The lowest BCUT2D eigenvalue weighted by atomic mass is 9.79. The first-order valence-corrected chi connectivity index (χ1v) is 43.3. The van der Waals surface area contributed by atoms with Gasteiger partial charge in [-0.05, 0) is 192 Å². The van der Waals surface area contributed by atoms with Crippen LogP contribution in [0.4, 0.5) is 0 Å². The van der Waals surface area contributed by atoms with Crippen LogP contribution >= 0.6 is 0 Å². The van der Waals surface area contributed by atoms with E-state index in [2.05, 4.69) is 65.2 Å². The summed E-state index contributed by atoms with van der Waals surface area (Å²) in [6.07, 6.45) is -0.807. The van der Waals surface area contributed by atoms with E-state index in [1.165, 1.54) is 14.2 Å². The third-order valence-corrected chi connectivity index (χ3v) is 24.5. The number of carbonyl (C=O) groups is 4. The molecule has 0 spiro atoms. The molecular weight excluding hydrogens is 1520 g/mol. The number of methoxy groups -OCH3 is 8. The van der Waals surface area contributed by atoms with E-state index in [0.717, 1.165) is 59.1 Å². The van der Waals surface area contributed by atoms with Crippen LogP contribution in [-0.4, -0.2) is 201 Å². The van der Waals surface area contributed by atoms with E-state index in [1.807, 2.05) is 89.5 Å². The van der Waals surface area contributed by atoms with Crippen molar-refractivity contribution in [1.29, 1.82) is 0 Å². The predicted molar refractivity (Wildman–Crippen MR) is 471 cm³/mol. The highest BCUT2D eigenvalue weighted by molar-refractivity contribution is 5.77. The molecule has 4 aromatic rings. The van der Waals surface area contributed by atoms with E-state index in [9.17, 15) is 30.1 Å². The molecule has 120 heavy (non-hydrogen) atoms. The number of rotatable bonds is 28. The Hall–Kier alpha value is -7.16. The van der Waals surface area contributed by atoms with E-state index in [4.69, 9.17) is 88.0 Å². The summed E-state index contributed by atoms with van der Waals surface area (Å²) in [4.78, 5) is 59.6. The van der Waals surface area contributed by atoms with Crippen molar-refractivity contribution in [3.8, 4) is 46.0 Å². The van der Waals surface area contributed by atoms with Gasteiger partial charge in [0.15, 0.2) is 46.0 Å². The molecule has 4 aromatic carbocycles. The molecule has 12 rings (SSSR count). The molecule has 12 unspecified atom stereocenters. The maximum absolute atomic E-state index is 12.8. The lowest BCUT2D eigenvalue weighted by Crippen LogP contribution is -2.51. The Morgan fingerprint density at radius 3 is 0.675 bits per heavy atom. The standard InChI is InChI=1S/4C24H38N2O4/c4*1-14(2)9-17-13-26-8-7-16-10-21(28-5)22(29-6)11-18(16)19(26)12-20(17)30-24(27)23(25)15(3)4/h4*10-11,14-15,17,19-20,23H,7-9,12-13,25H2,1-6H3/t4*17?,19?,20?,23-/m0000/s1/i2*5D3,19D,20D;2*19D,20D. The average molecular weight is 1690 g/mol. The second kappa shape index (κ2) is 43.9. The third-order valence-electron chi connectivity index (χ3n) is 24.5. The quantitative estimate of drug-likeness (QED) is 0.0303. The van der Waals surface area contributed by atoms with Crippen molar-refractivity contribution in [2.75, 3.05) is 109 Å². The van der Waals surface area contributed by atoms with Gasteiger partial charge >= 0.3 is 23.9 Å². The number of carbonyl (C=O) groups excluding carboxylic acids is 4. The van der Waals surface area contributed by atoms with Gasteiger partial charge in [-0.3, -0.25) is 38.8 Å². The predicted octanol–water partition coefficient (Wildman–Crippen LogP) is 14.3. The van der Waals surface area contributed by atoms with Crippen LogP contribution in [0.1, 0.15) is 250 Å². The lowest BCUT2D eigenvalue weighted by Gasteiger charge is -2.47. The molecule has 0 aromatic heterocycles. The summed E-state index contributed by atoms with van der Waals surface area (Å²) in [5.74, 6) is 0.326. The van der Waals surface area contributed by atoms with Crippen molar-refractivity contribution in [1.82, 2.24) is 19.6 Å². The molecule has 24 nitrogen and oxygen atoms in total. The molecule has 8 heterocycles. The van der Waals surface area contributed by atoms with E-state index in [0.29, 0.717) is 124 Å². The van der Waals surface area contributed by atoms with Crippen LogP contribution in [0.2, 0.25) is 0 Å². The zero-order chi connectivity index (χ0) is 100. The minimum absolute atomic E-state index is 0.0520. The number of piperidine rings is 4. The SMILES string of the molecule is [2H]C([2H])([2H])Oc1cc2c(cc1OC)C1([2H])CC([2H])(OC(=O)[C@@H](N)C(C)C)C(CC(C)C)CN1CC2.[2H]C([2H])([2H])Oc1cc2c(cc1OC)C1([2H])CC([2H])(OC(=O)[C@@H](N)C(C)C)C(CC(C)C)CN1CC2.[2H]C1(OC(=O)[C@@H](N)C(C)C)CC2([2H])c3cc(OC)c(OC)cc3CCN2CC1CC(C)C.[2H]C1(OC(=O)[C@@H](N)C(C)C)CC2([2H])c3cc(OC)c(OC)cc3CCN2CC1CC(C)C. The molecule has 8 aliphatic heterocycles. The number of nitrogens with two attached hydrogens (primary N) is 4. The maximum atomic E-state index is 12.8. The third kappa shape index (κ3) is 23.8. The summed E-state index contributed by atoms with van der Waals surface area (Å²) < 4.78 is 186. The van der Waals surface area contributed by atoms with Gasteiger partial charge in [0.25, 0.3) is 0 Å². The summed E-state index contributed by atoms with van der Waals surface area (Å²) in [5.41, 5.74) is 30.5. The van der Waals surface area contributed by atoms with Crippen LogP contribution in [0.3, 0.4) is 0 Å². The number of hydrogen-bond donors (Lipinski definition) is 4. The van der Waals surface area contributed by atoms with Gasteiger partial charge in [-0.1, -0.05) is 111 Å². The molecule has 4 saturated heterocycles.